The topological polar surface area (TPSA) is 35.6 Å². The van der Waals surface area contributed by atoms with Gasteiger partial charge in [0.2, 0.25) is 5.91 Å². The first kappa shape index (κ1) is 19.6. The van der Waals surface area contributed by atoms with Gasteiger partial charge in [-0.3, -0.25) is 14.6 Å². The molecule has 1 aliphatic rings. The third-order valence-corrected chi connectivity index (χ3v) is 5.30. The Hall–Kier alpha value is -2.17. The smallest absolute Gasteiger partial charge is 0.238 e. The lowest BCUT2D eigenvalue weighted by Gasteiger charge is -2.22. The van der Waals surface area contributed by atoms with Gasteiger partial charge in [0.05, 0.1) is 6.54 Å². The van der Waals surface area contributed by atoms with E-state index in [0.717, 1.165) is 56.8 Å². The highest BCUT2D eigenvalue weighted by Gasteiger charge is 2.18. The molecule has 2 aromatic carbocycles. The SMILES string of the molecule is CCc1cccc(C)c1NC(=O)CN1CCCN(Cc2ccccc2)CC1. The van der Waals surface area contributed by atoms with Gasteiger partial charge in [0.25, 0.3) is 0 Å². The van der Waals surface area contributed by atoms with Crippen molar-refractivity contribution in [1.82, 2.24) is 9.80 Å². The Labute approximate surface area is 163 Å². The standard InChI is InChI=1S/C23H31N3O/c1-3-21-12-7-9-19(2)23(21)24-22(27)18-26-14-8-13-25(15-16-26)17-20-10-5-4-6-11-20/h4-7,9-12H,3,8,13-18H2,1-2H3,(H,24,27). The van der Waals surface area contributed by atoms with Gasteiger partial charge >= 0.3 is 0 Å². The van der Waals surface area contributed by atoms with Gasteiger partial charge in [-0.15, -0.1) is 0 Å². The second-order valence-corrected chi connectivity index (χ2v) is 7.40. The van der Waals surface area contributed by atoms with E-state index in [-0.39, 0.29) is 5.91 Å². The minimum Gasteiger partial charge on any atom is -0.324 e. The predicted octanol–water partition coefficient (Wildman–Crippen LogP) is 3.70. The summed E-state index contributed by atoms with van der Waals surface area (Å²) >= 11 is 0. The van der Waals surface area contributed by atoms with Gasteiger partial charge in [-0.2, -0.15) is 0 Å². The fourth-order valence-corrected chi connectivity index (χ4v) is 3.77. The van der Waals surface area contributed by atoms with Crippen molar-refractivity contribution in [2.24, 2.45) is 0 Å². The number of carbonyl (C=O) groups is 1. The Morgan fingerprint density at radius 1 is 0.963 bits per heavy atom. The average molecular weight is 366 g/mol. The number of hydrogen-bond donors (Lipinski definition) is 1. The lowest BCUT2D eigenvalue weighted by Crippen LogP contribution is -2.36. The van der Waals surface area contributed by atoms with Crippen LogP contribution in [0, 0.1) is 6.92 Å². The molecule has 1 aliphatic heterocycles. The second kappa shape index (κ2) is 9.67. The number of benzene rings is 2. The zero-order valence-corrected chi connectivity index (χ0v) is 16.6. The van der Waals surface area contributed by atoms with Crippen molar-refractivity contribution in [3.8, 4) is 0 Å². The van der Waals surface area contributed by atoms with E-state index < -0.39 is 0 Å². The van der Waals surface area contributed by atoms with Crippen molar-refractivity contribution in [1.29, 1.82) is 0 Å². The quantitative estimate of drug-likeness (QED) is 0.848. The summed E-state index contributed by atoms with van der Waals surface area (Å²) in [4.78, 5) is 17.4. The highest BCUT2D eigenvalue weighted by Crippen LogP contribution is 2.21. The van der Waals surface area contributed by atoms with Crippen molar-refractivity contribution in [3.05, 3.63) is 65.2 Å². The molecule has 27 heavy (non-hydrogen) atoms. The molecule has 4 heteroatoms. The van der Waals surface area contributed by atoms with Crippen molar-refractivity contribution < 1.29 is 4.79 Å². The summed E-state index contributed by atoms with van der Waals surface area (Å²) in [7, 11) is 0. The lowest BCUT2D eigenvalue weighted by molar-refractivity contribution is -0.117. The van der Waals surface area contributed by atoms with Crippen molar-refractivity contribution in [2.75, 3.05) is 38.0 Å². The molecule has 0 unspecified atom stereocenters. The van der Waals surface area contributed by atoms with Gasteiger partial charge in [-0.1, -0.05) is 55.5 Å². The van der Waals surface area contributed by atoms with Crippen molar-refractivity contribution in [2.45, 2.75) is 33.2 Å². The number of aryl methyl sites for hydroxylation is 2. The molecule has 0 spiro atoms. The number of anilines is 1. The number of hydrogen-bond acceptors (Lipinski definition) is 3. The lowest BCUT2D eigenvalue weighted by atomic mass is 10.1. The third kappa shape index (κ3) is 5.65. The van der Waals surface area contributed by atoms with Crippen LogP contribution in [0.2, 0.25) is 0 Å². The van der Waals surface area contributed by atoms with Crippen LogP contribution in [0.1, 0.15) is 30.0 Å². The minimum absolute atomic E-state index is 0.0931. The van der Waals surface area contributed by atoms with Crippen LogP contribution in [0.5, 0.6) is 0 Å². The van der Waals surface area contributed by atoms with E-state index in [1.54, 1.807) is 0 Å². The molecule has 1 fully saturated rings. The van der Waals surface area contributed by atoms with Crippen molar-refractivity contribution in [3.63, 3.8) is 0 Å². The molecule has 1 saturated heterocycles. The van der Waals surface area contributed by atoms with Crippen LogP contribution < -0.4 is 5.32 Å². The summed E-state index contributed by atoms with van der Waals surface area (Å²) in [5, 5.41) is 3.15. The number of nitrogens with one attached hydrogen (secondary N) is 1. The maximum atomic E-state index is 12.6. The number of rotatable bonds is 6. The molecular formula is C23H31N3O. The van der Waals surface area contributed by atoms with Crippen LogP contribution in [0.4, 0.5) is 5.69 Å². The van der Waals surface area contributed by atoms with Crippen LogP contribution >= 0.6 is 0 Å². The van der Waals surface area contributed by atoms with E-state index in [1.807, 2.05) is 0 Å². The van der Waals surface area contributed by atoms with E-state index in [0.29, 0.717) is 6.54 Å². The molecule has 144 valence electrons. The monoisotopic (exact) mass is 365 g/mol. The summed E-state index contributed by atoms with van der Waals surface area (Å²) in [5.41, 5.74) is 4.68. The summed E-state index contributed by atoms with van der Waals surface area (Å²) in [6, 6.07) is 16.8. The molecule has 0 saturated carbocycles. The van der Waals surface area contributed by atoms with E-state index in [1.165, 1.54) is 11.1 Å². The maximum absolute atomic E-state index is 12.6. The zero-order chi connectivity index (χ0) is 19.1. The van der Waals surface area contributed by atoms with Crippen LogP contribution in [-0.4, -0.2) is 48.4 Å². The minimum atomic E-state index is 0.0931. The van der Waals surface area contributed by atoms with Crippen LogP contribution in [0.25, 0.3) is 0 Å². The van der Waals surface area contributed by atoms with Crippen LogP contribution in [0.15, 0.2) is 48.5 Å². The Morgan fingerprint density at radius 2 is 1.70 bits per heavy atom. The molecule has 1 amide bonds. The molecule has 0 radical (unpaired) electrons. The molecule has 0 atom stereocenters. The molecular weight excluding hydrogens is 334 g/mol. The first-order valence-electron chi connectivity index (χ1n) is 10.0. The normalized spacial score (nSPS) is 16.1. The Balaban J connectivity index is 1.52. The molecule has 2 aromatic rings. The zero-order valence-electron chi connectivity index (χ0n) is 16.6. The number of amides is 1. The predicted molar refractivity (Wildman–Crippen MR) is 112 cm³/mol. The Morgan fingerprint density at radius 3 is 2.48 bits per heavy atom. The van der Waals surface area contributed by atoms with Gasteiger partial charge in [0.15, 0.2) is 0 Å². The summed E-state index contributed by atoms with van der Waals surface area (Å²) in [6.45, 7) is 9.66. The van der Waals surface area contributed by atoms with Gasteiger partial charge in [-0.25, -0.2) is 0 Å². The molecule has 1 heterocycles. The van der Waals surface area contributed by atoms with Gasteiger partial charge in [-0.05, 0) is 49.5 Å². The molecule has 4 nitrogen and oxygen atoms in total. The van der Waals surface area contributed by atoms with E-state index in [4.69, 9.17) is 0 Å². The molecule has 3 rings (SSSR count). The molecule has 0 aromatic heterocycles. The molecule has 1 N–H and O–H groups in total. The van der Waals surface area contributed by atoms with Gasteiger partial charge < -0.3 is 5.32 Å². The van der Waals surface area contributed by atoms with E-state index in [2.05, 4.69) is 77.5 Å². The van der Waals surface area contributed by atoms with E-state index in [9.17, 15) is 4.79 Å². The largest absolute Gasteiger partial charge is 0.324 e. The highest BCUT2D eigenvalue weighted by atomic mass is 16.2. The Kier molecular flexibility index (Phi) is 7.02. The summed E-state index contributed by atoms with van der Waals surface area (Å²) < 4.78 is 0. The number of nitrogens with zero attached hydrogens (tertiary/aromatic N) is 2. The number of carbonyl (C=O) groups excluding carboxylic acids is 1. The van der Waals surface area contributed by atoms with Gasteiger partial charge in [0, 0.05) is 25.3 Å². The third-order valence-electron chi connectivity index (χ3n) is 5.30. The number of para-hydroxylation sites is 1. The molecule has 0 bridgehead atoms. The first-order chi connectivity index (χ1) is 13.2. The van der Waals surface area contributed by atoms with Crippen molar-refractivity contribution >= 4 is 11.6 Å². The summed E-state index contributed by atoms with van der Waals surface area (Å²) in [6.07, 6.45) is 2.03. The van der Waals surface area contributed by atoms with Gasteiger partial charge in [0.1, 0.15) is 0 Å². The average Bonchev–Trinajstić information content (AvgIpc) is 2.89. The maximum Gasteiger partial charge on any atom is 0.238 e. The van der Waals surface area contributed by atoms with Crippen LogP contribution in [-0.2, 0) is 17.8 Å². The fraction of sp³-hybridized carbons (Fsp3) is 0.435. The van der Waals surface area contributed by atoms with Crippen LogP contribution in [0.3, 0.4) is 0 Å². The highest BCUT2D eigenvalue weighted by molar-refractivity contribution is 5.93. The summed E-state index contributed by atoms with van der Waals surface area (Å²) in [5.74, 6) is 0.0931. The molecule has 0 aliphatic carbocycles. The fourth-order valence-electron chi connectivity index (χ4n) is 3.77. The Bertz CT molecular complexity index is 745. The second-order valence-electron chi connectivity index (χ2n) is 7.40. The van der Waals surface area contributed by atoms with E-state index >= 15 is 0 Å². The first-order valence-corrected chi connectivity index (χ1v) is 10.0.